The van der Waals surface area contributed by atoms with Crippen molar-refractivity contribution < 1.29 is 4.57 Å². The van der Waals surface area contributed by atoms with Crippen molar-refractivity contribution in [2.24, 2.45) is 7.05 Å². The quantitative estimate of drug-likeness (QED) is 0.525. The first-order chi connectivity index (χ1) is 7.66. The van der Waals surface area contributed by atoms with Crippen LogP contribution in [0.25, 0.3) is 0 Å². The molecule has 2 aromatic rings. The van der Waals surface area contributed by atoms with Gasteiger partial charge >= 0.3 is 0 Å². The van der Waals surface area contributed by atoms with E-state index < -0.39 is 0 Å². The van der Waals surface area contributed by atoms with Crippen molar-refractivity contribution in [3.8, 4) is 0 Å². The van der Waals surface area contributed by atoms with Gasteiger partial charge in [-0.1, -0.05) is 0 Å². The van der Waals surface area contributed by atoms with Crippen molar-refractivity contribution in [3.63, 3.8) is 0 Å². The molecule has 1 aromatic heterocycles. The SMILES string of the molecule is C[n+]1cc[nH]c1CCc1cc(N)ccc1N. The van der Waals surface area contributed by atoms with Gasteiger partial charge in [0.1, 0.15) is 12.4 Å². The first-order valence-corrected chi connectivity index (χ1v) is 5.32. The van der Waals surface area contributed by atoms with Gasteiger partial charge in [-0.05, 0) is 30.2 Å². The summed E-state index contributed by atoms with van der Waals surface area (Å²) in [5.74, 6) is 1.18. The van der Waals surface area contributed by atoms with Gasteiger partial charge in [0.15, 0.2) is 0 Å². The third kappa shape index (κ3) is 2.16. The predicted molar refractivity (Wildman–Crippen MR) is 64.6 cm³/mol. The number of nitrogens with two attached hydrogens (primary N) is 2. The van der Waals surface area contributed by atoms with Crippen LogP contribution in [-0.2, 0) is 19.9 Å². The van der Waals surface area contributed by atoms with Gasteiger partial charge in [-0.2, -0.15) is 0 Å². The number of aryl methyl sites for hydroxylation is 3. The fraction of sp³-hybridized carbons (Fsp3) is 0.250. The van der Waals surface area contributed by atoms with Crippen LogP contribution in [0.4, 0.5) is 11.4 Å². The monoisotopic (exact) mass is 217 g/mol. The minimum absolute atomic E-state index is 0.764. The van der Waals surface area contributed by atoms with Crippen LogP contribution < -0.4 is 16.0 Å². The maximum Gasteiger partial charge on any atom is 0.254 e. The lowest BCUT2D eigenvalue weighted by Gasteiger charge is -2.05. The topological polar surface area (TPSA) is 71.7 Å². The van der Waals surface area contributed by atoms with Gasteiger partial charge in [0.05, 0.1) is 13.5 Å². The number of aromatic amines is 1. The van der Waals surface area contributed by atoms with Crippen molar-refractivity contribution in [2.45, 2.75) is 12.8 Å². The summed E-state index contributed by atoms with van der Waals surface area (Å²) in [5.41, 5.74) is 14.3. The van der Waals surface area contributed by atoms with Crippen LogP contribution in [0.2, 0.25) is 0 Å². The lowest BCUT2D eigenvalue weighted by Crippen LogP contribution is -2.30. The molecule has 0 aliphatic rings. The zero-order valence-electron chi connectivity index (χ0n) is 9.40. The molecule has 0 unspecified atom stereocenters. The van der Waals surface area contributed by atoms with Crippen molar-refractivity contribution >= 4 is 11.4 Å². The van der Waals surface area contributed by atoms with E-state index in [9.17, 15) is 0 Å². The lowest BCUT2D eigenvalue weighted by molar-refractivity contribution is -0.677. The van der Waals surface area contributed by atoms with Crippen LogP contribution in [0.5, 0.6) is 0 Å². The van der Waals surface area contributed by atoms with Gasteiger partial charge < -0.3 is 11.5 Å². The highest BCUT2D eigenvalue weighted by molar-refractivity contribution is 5.55. The molecule has 0 amide bonds. The number of anilines is 2. The van der Waals surface area contributed by atoms with Crippen LogP contribution in [0, 0.1) is 0 Å². The van der Waals surface area contributed by atoms with Crippen molar-refractivity contribution in [1.29, 1.82) is 0 Å². The third-order valence-electron chi connectivity index (χ3n) is 2.77. The van der Waals surface area contributed by atoms with Crippen molar-refractivity contribution in [2.75, 3.05) is 11.5 Å². The first kappa shape index (κ1) is 10.5. The number of nitrogens with zero attached hydrogens (tertiary/aromatic N) is 1. The average Bonchev–Trinajstić information content (AvgIpc) is 2.66. The maximum atomic E-state index is 5.89. The Balaban J connectivity index is 2.10. The molecule has 0 aliphatic carbocycles. The average molecular weight is 217 g/mol. The van der Waals surface area contributed by atoms with Crippen LogP contribution in [0.1, 0.15) is 11.4 Å². The molecular formula is C12H17N4+. The third-order valence-corrected chi connectivity index (χ3v) is 2.77. The van der Waals surface area contributed by atoms with E-state index >= 15 is 0 Å². The lowest BCUT2D eigenvalue weighted by atomic mass is 10.1. The van der Waals surface area contributed by atoms with E-state index in [1.807, 2.05) is 37.6 Å². The van der Waals surface area contributed by atoms with Gasteiger partial charge in [-0.15, -0.1) is 0 Å². The summed E-state index contributed by atoms with van der Waals surface area (Å²) in [4.78, 5) is 3.20. The van der Waals surface area contributed by atoms with Gasteiger partial charge in [-0.3, -0.25) is 0 Å². The Kier molecular flexibility index (Phi) is 2.81. The summed E-state index contributed by atoms with van der Waals surface area (Å²) in [6.07, 6.45) is 5.75. The molecule has 4 heteroatoms. The number of nitrogen functional groups attached to an aromatic ring is 2. The molecule has 0 atom stereocenters. The number of rotatable bonds is 3. The number of imidazole rings is 1. The normalized spacial score (nSPS) is 10.6. The van der Waals surface area contributed by atoms with E-state index in [4.69, 9.17) is 11.5 Å². The molecule has 0 radical (unpaired) electrons. The number of aromatic nitrogens is 2. The summed E-state index contributed by atoms with van der Waals surface area (Å²) in [7, 11) is 2.02. The Morgan fingerprint density at radius 1 is 1.25 bits per heavy atom. The van der Waals surface area contributed by atoms with Crippen molar-refractivity contribution in [3.05, 3.63) is 42.0 Å². The Morgan fingerprint density at radius 2 is 2.06 bits per heavy atom. The molecule has 2 rings (SSSR count). The molecule has 0 aliphatic heterocycles. The molecule has 16 heavy (non-hydrogen) atoms. The van der Waals surface area contributed by atoms with Gasteiger partial charge in [0.25, 0.3) is 5.82 Å². The second-order valence-corrected chi connectivity index (χ2v) is 3.98. The largest absolute Gasteiger partial charge is 0.399 e. The molecule has 0 fully saturated rings. The van der Waals surface area contributed by atoms with E-state index in [-0.39, 0.29) is 0 Å². The van der Waals surface area contributed by atoms with E-state index in [1.54, 1.807) is 0 Å². The fourth-order valence-electron chi connectivity index (χ4n) is 1.78. The maximum absolute atomic E-state index is 5.89. The molecular weight excluding hydrogens is 200 g/mol. The Hall–Kier alpha value is -1.97. The summed E-state index contributed by atoms with van der Waals surface area (Å²) in [6.45, 7) is 0. The highest BCUT2D eigenvalue weighted by Gasteiger charge is 2.08. The zero-order valence-corrected chi connectivity index (χ0v) is 9.40. The van der Waals surface area contributed by atoms with E-state index in [1.165, 1.54) is 5.82 Å². The van der Waals surface area contributed by atoms with E-state index in [0.717, 1.165) is 29.8 Å². The standard InChI is InChI=1S/C12H16N4/c1-16-7-6-15-12(16)5-2-9-8-10(13)3-4-11(9)14/h3-4,6-8H,2,5,13-14H2,1H3/p+1. The van der Waals surface area contributed by atoms with E-state index in [0.29, 0.717) is 0 Å². The second kappa shape index (κ2) is 4.26. The Morgan fingerprint density at radius 3 is 2.75 bits per heavy atom. The number of benzene rings is 1. The van der Waals surface area contributed by atoms with Gasteiger partial charge in [0, 0.05) is 11.4 Å². The molecule has 0 saturated carbocycles. The highest BCUT2D eigenvalue weighted by Crippen LogP contribution is 2.16. The summed E-state index contributed by atoms with van der Waals surface area (Å²) >= 11 is 0. The smallest absolute Gasteiger partial charge is 0.254 e. The molecule has 4 nitrogen and oxygen atoms in total. The summed E-state index contributed by atoms with van der Waals surface area (Å²) < 4.78 is 2.07. The molecule has 5 N–H and O–H groups in total. The number of hydrogen-bond acceptors (Lipinski definition) is 2. The predicted octanol–water partition coefficient (Wildman–Crippen LogP) is 0.789. The molecule has 0 spiro atoms. The molecule has 84 valence electrons. The van der Waals surface area contributed by atoms with Crippen molar-refractivity contribution in [1.82, 2.24) is 4.98 Å². The minimum Gasteiger partial charge on any atom is -0.399 e. The van der Waals surface area contributed by atoms with Crippen LogP contribution in [-0.4, -0.2) is 4.98 Å². The van der Waals surface area contributed by atoms with Gasteiger partial charge in [-0.25, -0.2) is 9.55 Å². The highest BCUT2D eigenvalue weighted by atomic mass is 15.0. The summed E-state index contributed by atoms with van der Waals surface area (Å²) in [6, 6.07) is 5.63. The minimum atomic E-state index is 0.764. The molecule has 0 bridgehead atoms. The number of hydrogen-bond donors (Lipinski definition) is 3. The van der Waals surface area contributed by atoms with E-state index in [2.05, 4.69) is 9.55 Å². The zero-order chi connectivity index (χ0) is 11.5. The Labute approximate surface area is 94.9 Å². The first-order valence-electron chi connectivity index (χ1n) is 5.32. The van der Waals surface area contributed by atoms with Crippen LogP contribution in [0.3, 0.4) is 0 Å². The number of H-pyrrole nitrogens is 1. The fourth-order valence-corrected chi connectivity index (χ4v) is 1.78. The molecule has 1 heterocycles. The number of nitrogens with one attached hydrogen (secondary N) is 1. The second-order valence-electron chi connectivity index (χ2n) is 3.98. The van der Waals surface area contributed by atoms with Crippen LogP contribution in [0.15, 0.2) is 30.6 Å². The van der Waals surface area contributed by atoms with Crippen LogP contribution >= 0.6 is 0 Å². The summed E-state index contributed by atoms with van der Waals surface area (Å²) in [5, 5.41) is 0. The molecule has 0 saturated heterocycles. The molecule has 1 aromatic carbocycles. The van der Waals surface area contributed by atoms with Gasteiger partial charge in [0.2, 0.25) is 0 Å². The Bertz CT molecular complexity index is 488.